The van der Waals surface area contributed by atoms with Crippen LogP contribution in [-0.4, -0.2) is 35.0 Å². The molecule has 4 nitrogen and oxygen atoms in total. The van der Waals surface area contributed by atoms with Crippen LogP contribution in [0.5, 0.6) is 0 Å². The van der Waals surface area contributed by atoms with Gasteiger partial charge in [-0.1, -0.05) is 17.7 Å². The van der Waals surface area contributed by atoms with Gasteiger partial charge < -0.3 is 10.0 Å². The van der Waals surface area contributed by atoms with Crippen molar-refractivity contribution in [2.24, 2.45) is 0 Å². The van der Waals surface area contributed by atoms with E-state index in [1.54, 1.807) is 17.0 Å². The van der Waals surface area contributed by atoms with Crippen molar-refractivity contribution in [2.75, 3.05) is 13.1 Å². The number of benzene rings is 1. The standard InChI is InChI=1S/C12H12ClNO3/c13-9-2-1-8-3-5-14(6-4-11(15)16)12(17)10(8)7-9/h1-2,7H,3-6H2,(H,15,16). The molecule has 0 radical (unpaired) electrons. The molecule has 1 aromatic rings. The van der Waals surface area contributed by atoms with Gasteiger partial charge in [0.15, 0.2) is 0 Å². The van der Waals surface area contributed by atoms with E-state index in [2.05, 4.69) is 0 Å². The normalized spacial score (nSPS) is 14.6. The average Bonchev–Trinajstić information content (AvgIpc) is 2.29. The molecule has 1 aromatic carbocycles. The SMILES string of the molecule is O=C(O)CCN1CCc2ccc(Cl)cc2C1=O. The molecule has 0 saturated carbocycles. The number of hydrogen-bond acceptors (Lipinski definition) is 2. The average molecular weight is 254 g/mol. The van der Waals surface area contributed by atoms with E-state index in [1.165, 1.54) is 0 Å². The van der Waals surface area contributed by atoms with Crippen molar-refractivity contribution < 1.29 is 14.7 Å². The van der Waals surface area contributed by atoms with Crippen molar-refractivity contribution in [3.8, 4) is 0 Å². The molecule has 0 fully saturated rings. The highest BCUT2D eigenvalue weighted by atomic mass is 35.5. The number of carbonyl (C=O) groups excluding carboxylic acids is 1. The van der Waals surface area contributed by atoms with Crippen molar-refractivity contribution in [1.82, 2.24) is 4.90 Å². The summed E-state index contributed by atoms with van der Waals surface area (Å²) in [7, 11) is 0. The quantitative estimate of drug-likeness (QED) is 0.894. The first-order valence-corrected chi connectivity index (χ1v) is 5.75. The number of carboxylic acid groups (broad SMARTS) is 1. The zero-order chi connectivity index (χ0) is 12.4. The zero-order valence-electron chi connectivity index (χ0n) is 9.15. The molecule has 1 aliphatic heterocycles. The highest BCUT2D eigenvalue weighted by Gasteiger charge is 2.24. The van der Waals surface area contributed by atoms with Crippen molar-refractivity contribution in [3.63, 3.8) is 0 Å². The van der Waals surface area contributed by atoms with Crippen LogP contribution >= 0.6 is 11.6 Å². The zero-order valence-corrected chi connectivity index (χ0v) is 9.91. The third kappa shape index (κ3) is 2.58. The van der Waals surface area contributed by atoms with E-state index in [0.717, 1.165) is 12.0 Å². The molecule has 0 aromatic heterocycles. The maximum atomic E-state index is 12.1. The molecule has 1 aliphatic rings. The lowest BCUT2D eigenvalue weighted by Gasteiger charge is -2.28. The Hall–Kier alpha value is -1.55. The van der Waals surface area contributed by atoms with Gasteiger partial charge in [-0.15, -0.1) is 0 Å². The van der Waals surface area contributed by atoms with E-state index < -0.39 is 5.97 Å². The predicted octanol–water partition coefficient (Wildman–Crippen LogP) is 1.81. The highest BCUT2D eigenvalue weighted by molar-refractivity contribution is 6.31. The number of aliphatic carboxylic acids is 1. The Morgan fingerprint density at radius 1 is 1.47 bits per heavy atom. The molecule has 0 atom stereocenters. The van der Waals surface area contributed by atoms with Gasteiger partial charge in [0.25, 0.3) is 5.91 Å². The van der Waals surface area contributed by atoms with E-state index in [4.69, 9.17) is 16.7 Å². The summed E-state index contributed by atoms with van der Waals surface area (Å²) in [5.41, 5.74) is 1.57. The monoisotopic (exact) mass is 253 g/mol. The van der Waals surface area contributed by atoms with Crippen LogP contribution in [0.4, 0.5) is 0 Å². The van der Waals surface area contributed by atoms with E-state index in [0.29, 0.717) is 17.1 Å². The fraction of sp³-hybridized carbons (Fsp3) is 0.333. The fourth-order valence-electron chi connectivity index (χ4n) is 1.94. The molecule has 1 amide bonds. The van der Waals surface area contributed by atoms with Crippen LogP contribution in [0, 0.1) is 0 Å². The van der Waals surface area contributed by atoms with Gasteiger partial charge in [-0.05, 0) is 24.1 Å². The second-order valence-corrected chi connectivity index (χ2v) is 4.42. The Morgan fingerprint density at radius 2 is 2.24 bits per heavy atom. The Kier molecular flexibility index (Phi) is 3.33. The Balaban J connectivity index is 2.17. The molecule has 0 unspecified atom stereocenters. The third-order valence-electron chi connectivity index (χ3n) is 2.84. The summed E-state index contributed by atoms with van der Waals surface area (Å²) in [5.74, 6) is -1.02. The van der Waals surface area contributed by atoms with E-state index in [1.807, 2.05) is 6.07 Å². The molecular formula is C12H12ClNO3. The Bertz CT molecular complexity index is 473. The molecule has 5 heteroatoms. The summed E-state index contributed by atoms with van der Waals surface area (Å²) in [6.45, 7) is 0.820. The van der Waals surface area contributed by atoms with Crippen LogP contribution in [-0.2, 0) is 11.2 Å². The van der Waals surface area contributed by atoms with E-state index in [9.17, 15) is 9.59 Å². The maximum Gasteiger partial charge on any atom is 0.305 e. The minimum absolute atomic E-state index is 0.0262. The Morgan fingerprint density at radius 3 is 2.94 bits per heavy atom. The minimum atomic E-state index is -0.894. The number of carbonyl (C=O) groups is 2. The topological polar surface area (TPSA) is 57.6 Å². The molecule has 0 saturated heterocycles. The smallest absolute Gasteiger partial charge is 0.305 e. The van der Waals surface area contributed by atoms with Crippen LogP contribution in [0.15, 0.2) is 18.2 Å². The van der Waals surface area contributed by atoms with Crippen LogP contribution in [0.2, 0.25) is 5.02 Å². The maximum absolute atomic E-state index is 12.1. The summed E-state index contributed by atoms with van der Waals surface area (Å²) in [6, 6.07) is 5.26. The molecule has 0 aliphatic carbocycles. The molecular weight excluding hydrogens is 242 g/mol. The largest absolute Gasteiger partial charge is 0.481 e. The van der Waals surface area contributed by atoms with Gasteiger partial charge >= 0.3 is 5.97 Å². The van der Waals surface area contributed by atoms with Gasteiger partial charge in [-0.3, -0.25) is 9.59 Å². The number of fused-ring (bicyclic) bond motifs is 1. The van der Waals surface area contributed by atoms with Gasteiger partial charge in [0, 0.05) is 23.7 Å². The van der Waals surface area contributed by atoms with E-state index in [-0.39, 0.29) is 18.9 Å². The lowest BCUT2D eigenvalue weighted by atomic mass is 9.99. The first kappa shape index (κ1) is 11.9. The van der Waals surface area contributed by atoms with Crippen molar-refractivity contribution >= 4 is 23.5 Å². The molecule has 17 heavy (non-hydrogen) atoms. The summed E-state index contributed by atoms with van der Waals surface area (Å²) in [5, 5.41) is 9.14. The number of amides is 1. The van der Waals surface area contributed by atoms with Crippen LogP contribution in [0.3, 0.4) is 0 Å². The number of rotatable bonds is 3. The second kappa shape index (κ2) is 4.75. The molecule has 0 spiro atoms. The summed E-state index contributed by atoms with van der Waals surface area (Å²) < 4.78 is 0. The minimum Gasteiger partial charge on any atom is -0.481 e. The van der Waals surface area contributed by atoms with Gasteiger partial charge in [0.1, 0.15) is 0 Å². The highest BCUT2D eigenvalue weighted by Crippen LogP contribution is 2.22. The van der Waals surface area contributed by atoms with Crippen molar-refractivity contribution in [3.05, 3.63) is 34.3 Å². The summed E-state index contributed by atoms with van der Waals surface area (Å²) in [6.07, 6.45) is 0.722. The molecule has 2 rings (SSSR count). The molecule has 90 valence electrons. The summed E-state index contributed by atoms with van der Waals surface area (Å²) in [4.78, 5) is 24.1. The van der Waals surface area contributed by atoms with E-state index >= 15 is 0 Å². The summed E-state index contributed by atoms with van der Waals surface area (Å²) >= 11 is 5.85. The lowest BCUT2D eigenvalue weighted by molar-refractivity contribution is -0.137. The van der Waals surface area contributed by atoms with Crippen LogP contribution in [0.1, 0.15) is 22.3 Å². The molecule has 1 heterocycles. The van der Waals surface area contributed by atoms with Gasteiger partial charge in [-0.2, -0.15) is 0 Å². The predicted molar refractivity (Wildman–Crippen MR) is 63.3 cm³/mol. The fourth-order valence-corrected chi connectivity index (χ4v) is 2.11. The Labute approximate surface area is 104 Å². The van der Waals surface area contributed by atoms with Crippen LogP contribution in [0.25, 0.3) is 0 Å². The van der Waals surface area contributed by atoms with Crippen LogP contribution < -0.4 is 0 Å². The molecule has 1 N–H and O–H groups in total. The first-order valence-electron chi connectivity index (χ1n) is 5.37. The number of hydrogen-bond donors (Lipinski definition) is 1. The van der Waals surface area contributed by atoms with Gasteiger partial charge in [-0.25, -0.2) is 0 Å². The van der Waals surface area contributed by atoms with Gasteiger partial charge in [0.2, 0.25) is 0 Å². The number of nitrogens with zero attached hydrogens (tertiary/aromatic N) is 1. The van der Waals surface area contributed by atoms with Crippen molar-refractivity contribution in [1.29, 1.82) is 0 Å². The molecule has 0 bridgehead atoms. The number of carboxylic acids is 1. The second-order valence-electron chi connectivity index (χ2n) is 3.99. The van der Waals surface area contributed by atoms with Gasteiger partial charge in [0.05, 0.1) is 6.42 Å². The third-order valence-corrected chi connectivity index (χ3v) is 3.07. The lowest BCUT2D eigenvalue weighted by Crippen LogP contribution is -2.38. The number of halogens is 1. The first-order chi connectivity index (χ1) is 8.08. The van der Waals surface area contributed by atoms with Crippen molar-refractivity contribution in [2.45, 2.75) is 12.8 Å².